The zero-order chi connectivity index (χ0) is 15.8. The number of pyridine rings is 1. The molecule has 116 valence electrons. The van der Waals surface area contributed by atoms with E-state index in [1.165, 1.54) is 30.0 Å². The van der Waals surface area contributed by atoms with Crippen LogP contribution in [0.5, 0.6) is 0 Å². The van der Waals surface area contributed by atoms with Gasteiger partial charge in [-0.2, -0.15) is 0 Å². The van der Waals surface area contributed by atoms with Crippen molar-refractivity contribution in [2.75, 3.05) is 25.6 Å². The summed E-state index contributed by atoms with van der Waals surface area (Å²) in [5.41, 5.74) is 5.60. The third-order valence-electron chi connectivity index (χ3n) is 2.61. The van der Waals surface area contributed by atoms with E-state index in [0.717, 1.165) is 0 Å². The normalized spacial score (nSPS) is 11.8. The van der Waals surface area contributed by atoms with Crippen LogP contribution in [0.25, 0.3) is 0 Å². The van der Waals surface area contributed by atoms with Crippen molar-refractivity contribution in [2.45, 2.75) is 19.5 Å². The number of aromatic nitrogens is 1. The Morgan fingerprint density at radius 1 is 1.43 bits per heavy atom. The first-order chi connectivity index (χ1) is 9.99. The highest BCUT2D eigenvalue weighted by Crippen LogP contribution is 2.04. The van der Waals surface area contributed by atoms with E-state index in [-0.39, 0.29) is 12.2 Å². The molecule has 0 saturated heterocycles. The third-order valence-corrected chi connectivity index (χ3v) is 2.61. The lowest BCUT2D eigenvalue weighted by Gasteiger charge is -2.12. The fourth-order valence-electron chi connectivity index (χ4n) is 1.53. The van der Waals surface area contributed by atoms with Gasteiger partial charge in [0.25, 0.3) is 11.5 Å². The van der Waals surface area contributed by atoms with Crippen LogP contribution >= 0.6 is 0 Å². The highest BCUT2D eigenvalue weighted by Gasteiger charge is 2.23. The minimum absolute atomic E-state index is 0.141. The molecule has 1 heterocycles. The molecule has 0 aromatic carbocycles. The van der Waals surface area contributed by atoms with Crippen LogP contribution in [0, 0.1) is 0 Å². The van der Waals surface area contributed by atoms with Gasteiger partial charge < -0.3 is 25.1 Å². The lowest BCUT2D eigenvalue weighted by atomic mass is 10.3. The number of anilines is 1. The summed E-state index contributed by atoms with van der Waals surface area (Å²) in [4.78, 5) is 34.7. The first-order valence-corrected chi connectivity index (χ1v) is 6.42. The molecule has 0 aliphatic heterocycles. The van der Waals surface area contributed by atoms with E-state index in [9.17, 15) is 14.4 Å². The van der Waals surface area contributed by atoms with E-state index in [4.69, 9.17) is 10.5 Å². The molecule has 1 aromatic heterocycles. The van der Waals surface area contributed by atoms with Crippen molar-refractivity contribution in [3.05, 3.63) is 28.7 Å². The van der Waals surface area contributed by atoms with Crippen molar-refractivity contribution >= 4 is 17.6 Å². The Balaban J connectivity index is 2.76. The van der Waals surface area contributed by atoms with E-state index in [0.29, 0.717) is 18.8 Å². The Morgan fingerprint density at radius 2 is 2.14 bits per heavy atom. The number of nitrogens with one attached hydrogen (secondary N) is 1. The molecule has 0 spiro atoms. The van der Waals surface area contributed by atoms with Gasteiger partial charge in [-0.1, -0.05) is 0 Å². The Labute approximate surface area is 121 Å². The number of ether oxygens (including phenoxy) is 2. The average molecular weight is 297 g/mol. The van der Waals surface area contributed by atoms with E-state index >= 15 is 0 Å². The van der Waals surface area contributed by atoms with Gasteiger partial charge >= 0.3 is 5.97 Å². The smallest absolute Gasteiger partial charge is 0.332 e. The molecule has 0 saturated carbocycles. The molecule has 0 fully saturated rings. The van der Waals surface area contributed by atoms with Gasteiger partial charge in [-0.25, -0.2) is 4.79 Å². The summed E-state index contributed by atoms with van der Waals surface area (Å²) < 4.78 is 10.9. The van der Waals surface area contributed by atoms with Crippen LogP contribution in [0.2, 0.25) is 0 Å². The maximum Gasteiger partial charge on any atom is 0.332 e. The molecule has 0 radical (unpaired) electrons. The van der Waals surface area contributed by atoms with Crippen LogP contribution in [0.15, 0.2) is 23.1 Å². The van der Waals surface area contributed by atoms with E-state index in [1.54, 1.807) is 6.92 Å². The summed E-state index contributed by atoms with van der Waals surface area (Å²) in [5, 5.41) is 2.46. The van der Waals surface area contributed by atoms with Gasteiger partial charge in [0.2, 0.25) is 0 Å². The molecule has 1 amide bonds. The van der Waals surface area contributed by atoms with Crippen LogP contribution < -0.4 is 16.6 Å². The molecule has 1 aromatic rings. The molecule has 21 heavy (non-hydrogen) atoms. The summed E-state index contributed by atoms with van der Waals surface area (Å²) >= 11 is 0. The molecular weight excluding hydrogens is 278 g/mol. The number of esters is 1. The van der Waals surface area contributed by atoms with E-state index in [1.807, 2.05) is 0 Å². The standard InChI is InChI=1S/C13H19N3O5/c1-3-21-13(19)11(14)12(18)15-9-4-5-10(17)16(8-9)6-7-20-2/h4-5,8,11H,3,6-7,14H2,1-2H3,(H,15,18). The topological polar surface area (TPSA) is 113 Å². The second-order valence-electron chi connectivity index (χ2n) is 4.16. The predicted molar refractivity (Wildman–Crippen MR) is 75.8 cm³/mol. The highest BCUT2D eigenvalue weighted by molar-refractivity contribution is 6.08. The van der Waals surface area contributed by atoms with Gasteiger partial charge in [-0.15, -0.1) is 0 Å². The summed E-state index contributed by atoms with van der Waals surface area (Å²) in [6, 6.07) is 1.33. The number of hydrogen-bond acceptors (Lipinski definition) is 6. The van der Waals surface area contributed by atoms with Crippen molar-refractivity contribution in [1.29, 1.82) is 0 Å². The number of nitrogens with two attached hydrogens (primary N) is 1. The predicted octanol–water partition coefficient (Wildman–Crippen LogP) is -0.676. The van der Waals surface area contributed by atoms with Crippen molar-refractivity contribution in [2.24, 2.45) is 5.73 Å². The highest BCUT2D eigenvalue weighted by atomic mass is 16.5. The summed E-state index contributed by atoms with van der Waals surface area (Å²) in [6.45, 7) is 2.47. The zero-order valence-electron chi connectivity index (χ0n) is 12.0. The first-order valence-electron chi connectivity index (χ1n) is 6.42. The molecule has 1 rings (SSSR count). The molecule has 8 heteroatoms. The van der Waals surface area contributed by atoms with Gasteiger partial charge in [-0.3, -0.25) is 9.59 Å². The van der Waals surface area contributed by atoms with Crippen molar-refractivity contribution < 1.29 is 19.1 Å². The molecule has 0 aliphatic rings. The lowest BCUT2D eigenvalue weighted by Crippen LogP contribution is -2.43. The first kappa shape index (κ1) is 16.9. The van der Waals surface area contributed by atoms with Crippen LogP contribution in [-0.4, -0.2) is 42.8 Å². The van der Waals surface area contributed by atoms with Gasteiger partial charge in [-0.05, 0) is 13.0 Å². The summed E-state index contributed by atoms with van der Waals surface area (Å²) in [5.74, 6) is -1.51. The van der Waals surface area contributed by atoms with E-state index < -0.39 is 17.9 Å². The largest absolute Gasteiger partial charge is 0.464 e. The minimum Gasteiger partial charge on any atom is -0.464 e. The van der Waals surface area contributed by atoms with Gasteiger partial charge in [0.1, 0.15) is 0 Å². The van der Waals surface area contributed by atoms with Crippen LogP contribution in [0.1, 0.15) is 6.92 Å². The lowest BCUT2D eigenvalue weighted by molar-refractivity contribution is -0.146. The molecule has 1 atom stereocenters. The maximum absolute atomic E-state index is 11.8. The average Bonchev–Trinajstić information content (AvgIpc) is 2.47. The molecule has 1 unspecified atom stereocenters. The molecular formula is C13H19N3O5. The second kappa shape index (κ2) is 8.18. The third kappa shape index (κ3) is 5.01. The van der Waals surface area contributed by atoms with Crippen molar-refractivity contribution in [1.82, 2.24) is 4.57 Å². The monoisotopic (exact) mass is 297 g/mol. The van der Waals surface area contributed by atoms with Crippen LogP contribution in [0.4, 0.5) is 5.69 Å². The quantitative estimate of drug-likeness (QED) is 0.509. The number of carbonyl (C=O) groups is 2. The summed E-state index contributed by atoms with van der Waals surface area (Å²) in [6.07, 6.45) is 1.46. The van der Waals surface area contributed by atoms with Crippen molar-refractivity contribution in [3.63, 3.8) is 0 Å². The van der Waals surface area contributed by atoms with E-state index in [2.05, 4.69) is 10.1 Å². The summed E-state index contributed by atoms with van der Waals surface area (Å²) in [7, 11) is 1.52. The Morgan fingerprint density at radius 3 is 2.76 bits per heavy atom. The fourth-order valence-corrected chi connectivity index (χ4v) is 1.53. The maximum atomic E-state index is 11.8. The second-order valence-corrected chi connectivity index (χ2v) is 4.16. The number of carbonyl (C=O) groups excluding carboxylic acids is 2. The van der Waals surface area contributed by atoms with Gasteiger partial charge in [0.15, 0.2) is 6.04 Å². The van der Waals surface area contributed by atoms with Gasteiger partial charge in [0.05, 0.1) is 18.9 Å². The number of hydrogen-bond donors (Lipinski definition) is 2. The molecule has 0 bridgehead atoms. The van der Waals surface area contributed by atoms with Gasteiger partial charge in [0, 0.05) is 25.9 Å². The van der Waals surface area contributed by atoms with Crippen molar-refractivity contribution in [3.8, 4) is 0 Å². The van der Waals surface area contributed by atoms with Crippen LogP contribution in [-0.2, 0) is 25.6 Å². The minimum atomic E-state index is -1.41. The number of rotatable bonds is 7. The number of nitrogens with zero attached hydrogens (tertiary/aromatic N) is 1. The zero-order valence-corrected chi connectivity index (χ0v) is 12.0. The van der Waals surface area contributed by atoms with Crippen LogP contribution in [0.3, 0.4) is 0 Å². The number of methoxy groups -OCH3 is 1. The Hall–Kier alpha value is -2.19. The number of amides is 1. The SMILES string of the molecule is CCOC(=O)C(N)C(=O)Nc1ccc(=O)n(CCOC)c1. The molecule has 3 N–H and O–H groups in total. The Kier molecular flexibility index (Phi) is 6.57. The fraction of sp³-hybridized carbons (Fsp3) is 0.462. The molecule has 0 aliphatic carbocycles. The molecule has 8 nitrogen and oxygen atoms in total. The Bertz CT molecular complexity index is 555.